The van der Waals surface area contributed by atoms with Crippen molar-refractivity contribution >= 4 is 40.2 Å². The van der Waals surface area contributed by atoms with E-state index in [9.17, 15) is 4.79 Å². The molecule has 0 amide bonds. The summed E-state index contributed by atoms with van der Waals surface area (Å²) in [5.41, 5.74) is 1.44. The van der Waals surface area contributed by atoms with Crippen molar-refractivity contribution in [3.63, 3.8) is 0 Å². The number of rotatable bonds is 5. The summed E-state index contributed by atoms with van der Waals surface area (Å²) in [6.45, 7) is 0.697. The lowest BCUT2D eigenvalue weighted by atomic mass is 10.2. The molecular weight excluding hydrogens is 379 g/mol. The van der Waals surface area contributed by atoms with Gasteiger partial charge in [0.1, 0.15) is 24.8 Å². The molecule has 9 nitrogen and oxygen atoms in total. The second-order valence-electron chi connectivity index (χ2n) is 5.47. The smallest absolute Gasteiger partial charge is 0.278 e. The number of nitrogens with zero attached hydrogens (tertiary/aromatic N) is 6. The minimum Gasteiger partial charge on any atom is -0.352 e. The summed E-state index contributed by atoms with van der Waals surface area (Å²) in [5, 5.41) is 12.2. The second-order valence-corrected chi connectivity index (χ2v) is 6.29. The molecule has 132 valence electrons. The van der Waals surface area contributed by atoms with Gasteiger partial charge in [0.25, 0.3) is 5.56 Å². The molecule has 0 aliphatic heterocycles. The SMILES string of the molecule is O=c1[nH]c(NCc2ccc(Cl)c(Cl)c2)nc2cnn(Cn3cncn3)c12. The molecule has 1 aromatic carbocycles. The van der Waals surface area contributed by atoms with Gasteiger partial charge in [0.15, 0.2) is 5.52 Å². The first-order valence-corrected chi connectivity index (χ1v) is 8.32. The van der Waals surface area contributed by atoms with E-state index in [1.54, 1.807) is 23.1 Å². The summed E-state index contributed by atoms with van der Waals surface area (Å²) in [4.78, 5) is 23.4. The minimum absolute atomic E-state index is 0.268. The molecule has 0 spiro atoms. The molecule has 0 radical (unpaired) electrons. The van der Waals surface area contributed by atoms with Crippen LogP contribution in [0, 0.1) is 0 Å². The molecule has 0 aliphatic carbocycles. The average Bonchev–Trinajstić information content (AvgIpc) is 3.27. The Labute approximate surface area is 156 Å². The lowest BCUT2D eigenvalue weighted by molar-refractivity contribution is 0.514. The van der Waals surface area contributed by atoms with Crippen LogP contribution in [0.2, 0.25) is 10.0 Å². The van der Waals surface area contributed by atoms with Crippen LogP contribution < -0.4 is 10.9 Å². The summed E-state index contributed by atoms with van der Waals surface area (Å²) in [7, 11) is 0. The zero-order valence-corrected chi connectivity index (χ0v) is 14.7. The Balaban J connectivity index is 1.57. The Bertz CT molecular complexity index is 1120. The van der Waals surface area contributed by atoms with Crippen LogP contribution in [0.5, 0.6) is 0 Å². The predicted octanol–water partition coefficient (Wildman–Crippen LogP) is 2.14. The van der Waals surface area contributed by atoms with E-state index in [2.05, 4.69) is 30.5 Å². The average molecular weight is 391 g/mol. The first kappa shape index (κ1) is 16.6. The molecule has 0 fully saturated rings. The number of hydrogen-bond acceptors (Lipinski definition) is 6. The van der Waals surface area contributed by atoms with Crippen LogP contribution in [-0.2, 0) is 13.2 Å². The van der Waals surface area contributed by atoms with Crippen LogP contribution in [0.15, 0.2) is 41.8 Å². The normalized spacial score (nSPS) is 11.2. The Morgan fingerprint density at radius 2 is 2.08 bits per heavy atom. The number of hydrogen-bond donors (Lipinski definition) is 2. The summed E-state index contributed by atoms with van der Waals surface area (Å²) in [6, 6.07) is 5.31. The van der Waals surface area contributed by atoms with Crippen LogP contribution in [0.4, 0.5) is 5.95 Å². The van der Waals surface area contributed by atoms with Crippen molar-refractivity contribution in [2.45, 2.75) is 13.2 Å². The Morgan fingerprint density at radius 3 is 2.85 bits per heavy atom. The number of benzene rings is 1. The summed E-state index contributed by atoms with van der Waals surface area (Å²) in [6.07, 6.45) is 4.49. The molecule has 0 atom stereocenters. The molecule has 0 unspecified atom stereocenters. The van der Waals surface area contributed by atoms with Gasteiger partial charge in [-0.2, -0.15) is 10.2 Å². The number of fused-ring (bicyclic) bond motifs is 1. The number of H-pyrrole nitrogens is 1. The number of nitrogens with one attached hydrogen (secondary N) is 2. The van der Waals surface area contributed by atoms with Crippen molar-refractivity contribution in [3.8, 4) is 0 Å². The highest BCUT2D eigenvalue weighted by Gasteiger charge is 2.11. The molecule has 0 saturated heterocycles. The maximum absolute atomic E-state index is 12.4. The maximum Gasteiger partial charge on any atom is 0.278 e. The summed E-state index contributed by atoms with van der Waals surface area (Å²) < 4.78 is 3.07. The van der Waals surface area contributed by atoms with Crippen LogP contribution in [0.25, 0.3) is 11.0 Å². The predicted molar refractivity (Wildman–Crippen MR) is 97.4 cm³/mol. The molecule has 4 rings (SSSR count). The van der Waals surface area contributed by atoms with Gasteiger partial charge in [0.2, 0.25) is 5.95 Å². The molecule has 4 aromatic rings. The van der Waals surface area contributed by atoms with E-state index in [-0.39, 0.29) is 12.2 Å². The van der Waals surface area contributed by atoms with Crippen molar-refractivity contribution in [3.05, 3.63) is 63.0 Å². The first-order valence-electron chi connectivity index (χ1n) is 7.56. The standard InChI is InChI=1S/C15H12Cl2N8O/c16-10-2-1-9(3-11(10)17)4-19-15-22-12-5-20-25(13(12)14(26)23-15)8-24-7-18-6-21-24/h1-3,5-7H,4,8H2,(H2,19,22,23,26). The summed E-state index contributed by atoms with van der Waals surface area (Å²) in [5.74, 6) is 0.342. The van der Waals surface area contributed by atoms with Gasteiger partial charge in [-0.3, -0.25) is 9.78 Å². The van der Waals surface area contributed by atoms with Crippen molar-refractivity contribution in [2.24, 2.45) is 0 Å². The van der Waals surface area contributed by atoms with E-state index in [0.717, 1.165) is 5.56 Å². The van der Waals surface area contributed by atoms with E-state index in [0.29, 0.717) is 33.6 Å². The zero-order valence-electron chi connectivity index (χ0n) is 13.2. The van der Waals surface area contributed by atoms with Gasteiger partial charge in [-0.1, -0.05) is 29.3 Å². The molecule has 2 N–H and O–H groups in total. The lowest BCUT2D eigenvalue weighted by Gasteiger charge is -2.07. The van der Waals surface area contributed by atoms with Crippen molar-refractivity contribution < 1.29 is 0 Å². The highest BCUT2D eigenvalue weighted by molar-refractivity contribution is 6.42. The number of aromatic amines is 1. The van der Waals surface area contributed by atoms with Crippen molar-refractivity contribution in [1.82, 2.24) is 34.5 Å². The van der Waals surface area contributed by atoms with Gasteiger partial charge in [-0.25, -0.2) is 19.3 Å². The molecule has 3 heterocycles. The van der Waals surface area contributed by atoms with Crippen LogP contribution in [0.3, 0.4) is 0 Å². The van der Waals surface area contributed by atoms with Gasteiger partial charge in [0.05, 0.1) is 16.2 Å². The second kappa shape index (κ2) is 6.77. The number of anilines is 1. The first-order chi connectivity index (χ1) is 12.6. The van der Waals surface area contributed by atoms with Gasteiger partial charge in [0, 0.05) is 6.54 Å². The molecule has 3 aromatic heterocycles. The third kappa shape index (κ3) is 3.26. The van der Waals surface area contributed by atoms with E-state index in [1.807, 2.05) is 6.07 Å². The molecule has 0 saturated carbocycles. The largest absolute Gasteiger partial charge is 0.352 e. The third-order valence-corrected chi connectivity index (χ3v) is 4.43. The molecule has 0 bridgehead atoms. The Morgan fingerprint density at radius 1 is 1.19 bits per heavy atom. The van der Waals surface area contributed by atoms with Gasteiger partial charge in [-0.05, 0) is 17.7 Å². The molecular formula is C15H12Cl2N8O. The molecule has 11 heteroatoms. The van der Waals surface area contributed by atoms with Gasteiger partial charge < -0.3 is 5.32 Å². The quantitative estimate of drug-likeness (QED) is 0.540. The number of halogens is 2. The van der Waals surface area contributed by atoms with E-state index >= 15 is 0 Å². The van der Waals surface area contributed by atoms with Gasteiger partial charge >= 0.3 is 0 Å². The van der Waals surface area contributed by atoms with Crippen molar-refractivity contribution in [2.75, 3.05) is 5.32 Å². The Kier molecular flexibility index (Phi) is 4.31. The lowest BCUT2D eigenvalue weighted by Crippen LogP contribution is -2.18. The molecule has 26 heavy (non-hydrogen) atoms. The Hall–Kier alpha value is -2.91. The van der Waals surface area contributed by atoms with E-state index in [4.69, 9.17) is 23.2 Å². The fourth-order valence-electron chi connectivity index (χ4n) is 2.48. The minimum atomic E-state index is -0.302. The fraction of sp³-hybridized carbons (Fsp3) is 0.133. The topological polar surface area (TPSA) is 106 Å². The third-order valence-electron chi connectivity index (χ3n) is 3.69. The van der Waals surface area contributed by atoms with Crippen LogP contribution in [0.1, 0.15) is 5.56 Å². The number of aromatic nitrogens is 7. The van der Waals surface area contributed by atoms with Crippen LogP contribution in [-0.4, -0.2) is 34.5 Å². The maximum atomic E-state index is 12.4. The highest BCUT2D eigenvalue weighted by atomic mass is 35.5. The molecule has 0 aliphatic rings. The zero-order chi connectivity index (χ0) is 18.1. The van der Waals surface area contributed by atoms with Crippen molar-refractivity contribution in [1.29, 1.82) is 0 Å². The fourth-order valence-corrected chi connectivity index (χ4v) is 2.80. The van der Waals surface area contributed by atoms with Gasteiger partial charge in [-0.15, -0.1) is 0 Å². The van der Waals surface area contributed by atoms with Crippen LogP contribution >= 0.6 is 23.2 Å². The monoisotopic (exact) mass is 390 g/mol. The van der Waals surface area contributed by atoms with E-state index in [1.165, 1.54) is 17.2 Å². The van der Waals surface area contributed by atoms with E-state index < -0.39 is 0 Å². The summed E-state index contributed by atoms with van der Waals surface area (Å²) >= 11 is 11.9. The highest BCUT2D eigenvalue weighted by Crippen LogP contribution is 2.22.